The summed E-state index contributed by atoms with van der Waals surface area (Å²) >= 11 is 1.13. The van der Waals surface area contributed by atoms with E-state index in [-0.39, 0.29) is 23.7 Å². The number of ether oxygens (including phenoxy) is 1. The van der Waals surface area contributed by atoms with Crippen LogP contribution in [0.2, 0.25) is 0 Å². The lowest BCUT2D eigenvalue weighted by molar-refractivity contribution is -0.151. The second-order valence-electron chi connectivity index (χ2n) is 9.26. The fourth-order valence-corrected chi connectivity index (χ4v) is 5.01. The van der Waals surface area contributed by atoms with Crippen molar-refractivity contribution < 1.29 is 14.3 Å². The number of esters is 1. The van der Waals surface area contributed by atoms with E-state index in [9.17, 15) is 14.9 Å². The van der Waals surface area contributed by atoms with Crippen LogP contribution in [-0.2, 0) is 20.7 Å². The number of aromatic nitrogens is 1. The van der Waals surface area contributed by atoms with E-state index in [2.05, 4.69) is 10.9 Å². The van der Waals surface area contributed by atoms with Crippen molar-refractivity contribution in [1.82, 2.24) is 4.98 Å². The van der Waals surface area contributed by atoms with Crippen molar-refractivity contribution in [3.8, 4) is 6.07 Å². The average Bonchev–Trinajstić information content (AvgIpc) is 2.85. The van der Waals surface area contributed by atoms with Crippen LogP contribution < -0.4 is 10.6 Å². The number of amides is 1. The van der Waals surface area contributed by atoms with E-state index in [1.54, 1.807) is 0 Å². The Kier molecular flexibility index (Phi) is 8.95. The molecule has 3 rings (SSSR count). The third-order valence-electron chi connectivity index (χ3n) is 6.48. The molecule has 2 heterocycles. The summed E-state index contributed by atoms with van der Waals surface area (Å²) in [5, 5.41) is 9.59. The van der Waals surface area contributed by atoms with Gasteiger partial charge in [0, 0.05) is 19.0 Å². The molecule has 0 radical (unpaired) electrons. The number of primary amides is 1. The number of nitrogens with two attached hydrogens (primary N) is 1. The average molecular weight is 506 g/mol. The number of carbonyl (C=O) groups is 2. The summed E-state index contributed by atoms with van der Waals surface area (Å²) in [4.78, 5) is 34.9. The quantitative estimate of drug-likeness (QED) is 0.284. The lowest BCUT2D eigenvalue weighted by Gasteiger charge is -2.41. The van der Waals surface area contributed by atoms with E-state index >= 15 is 0 Å². The van der Waals surface area contributed by atoms with Gasteiger partial charge >= 0.3 is 5.97 Å². The number of carbonyl (C=O) groups excluding carboxylic acids is 2. The molecule has 36 heavy (non-hydrogen) atoms. The monoisotopic (exact) mass is 505 g/mol. The van der Waals surface area contributed by atoms with Crippen molar-refractivity contribution in [3.05, 3.63) is 58.4 Å². The number of thioether (sulfide) groups is 1. The van der Waals surface area contributed by atoms with Crippen LogP contribution in [0.5, 0.6) is 0 Å². The molecular weight excluding hydrogens is 474 g/mol. The second-order valence-corrected chi connectivity index (χ2v) is 10.4. The van der Waals surface area contributed by atoms with Crippen LogP contribution in [0.4, 0.5) is 11.5 Å². The number of benzene rings is 1. The van der Waals surface area contributed by atoms with Gasteiger partial charge in [0.05, 0.1) is 24.7 Å². The molecule has 0 spiro atoms. The van der Waals surface area contributed by atoms with E-state index in [0.29, 0.717) is 53.8 Å². The predicted molar refractivity (Wildman–Crippen MR) is 139 cm³/mol. The lowest BCUT2D eigenvalue weighted by Crippen LogP contribution is -2.49. The van der Waals surface area contributed by atoms with Crippen molar-refractivity contribution >= 4 is 35.1 Å². The Bertz CT molecular complexity index is 1200. The molecule has 1 aromatic carbocycles. The highest BCUT2D eigenvalue weighted by molar-refractivity contribution is 8.00. The molecule has 2 N–H and O–H groups in total. The zero-order chi connectivity index (χ0) is 26.4. The van der Waals surface area contributed by atoms with Crippen LogP contribution in [0.15, 0.2) is 35.4 Å². The molecule has 1 fully saturated rings. The van der Waals surface area contributed by atoms with Gasteiger partial charge in [-0.2, -0.15) is 5.26 Å². The largest absolute Gasteiger partial charge is 0.465 e. The molecule has 1 saturated heterocycles. The van der Waals surface area contributed by atoms with Crippen molar-refractivity contribution in [2.45, 2.75) is 44.4 Å². The van der Waals surface area contributed by atoms with Crippen LogP contribution in [0, 0.1) is 35.7 Å². The predicted octanol–water partition coefficient (Wildman–Crippen LogP) is 4.66. The number of nitrogens with zero attached hydrogens (tertiary/aromatic N) is 4. The van der Waals surface area contributed by atoms with E-state index in [0.717, 1.165) is 17.3 Å². The molecule has 1 unspecified atom stereocenters. The third-order valence-corrected chi connectivity index (χ3v) is 7.74. The number of hydrogen-bond donors (Lipinski definition) is 1. The Morgan fingerprint density at radius 1 is 1.31 bits per heavy atom. The molecular formula is C27H31N5O3S. The highest BCUT2D eigenvalue weighted by Crippen LogP contribution is 2.43. The minimum absolute atomic E-state index is 0.133. The highest BCUT2D eigenvalue weighted by Gasteiger charge is 2.34. The van der Waals surface area contributed by atoms with Gasteiger partial charge in [-0.3, -0.25) is 9.59 Å². The molecule has 0 bridgehead atoms. The van der Waals surface area contributed by atoms with Gasteiger partial charge in [-0.1, -0.05) is 69.8 Å². The summed E-state index contributed by atoms with van der Waals surface area (Å²) in [7, 11) is 0. The van der Waals surface area contributed by atoms with Gasteiger partial charge in [0.1, 0.15) is 22.2 Å². The highest BCUT2D eigenvalue weighted by atomic mass is 32.2. The summed E-state index contributed by atoms with van der Waals surface area (Å²) in [6, 6.07) is 11.3. The Labute approximate surface area is 216 Å². The van der Waals surface area contributed by atoms with Gasteiger partial charge in [0.2, 0.25) is 11.6 Å². The van der Waals surface area contributed by atoms with Crippen LogP contribution >= 0.6 is 11.8 Å². The van der Waals surface area contributed by atoms with Crippen LogP contribution in [0.25, 0.3) is 4.85 Å². The molecule has 9 heteroatoms. The number of anilines is 1. The molecule has 0 aliphatic carbocycles. The molecule has 0 saturated carbocycles. The van der Waals surface area contributed by atoms with E-state index < -0.39 is 11.2 Å². The molecule has 2 atom stereocenters. The van der Waals surface area contributed by atoms with Crippen LogP contribution in [-0.4, -0.2) is 36.6 Å². The number of nitriles is 1. The van der Waals surface area contributed by atoms with Gasteiger partial charge in [0.15, 0.2) is 0 Å². The third kappa shape index (κ3) is 5.80. The number of hydrogen-bond acceptors (Lipinski definition) is 7. The van der Waals surface area contributed by atoms with Crippen LogP contribution in [0.3, 0.4) is 0 Å². The smallest absolute Gasteiger partial charge is 0.308 e. The first-order valence-corrected chi connectivity index (χ1v) is 12.9. The molecule has 1 aromatic heterocycles. The fourth-order valence-electron chi connectivity index (χ4n) is 3.95. The van der Waals surface area contributed by atoms with Crippen molar-refractivity contribution in [1.29, 1.82) is 5.26 Å². The fraction of sp³-hybridized carbons (Fsp3) is 0.444. The normalized spacial score (nSPS) is 14.9. The Morgan fingerprint density at radius 2 is 1.97 bits per heavy atom. The van der Waals surface area contributed by atoms with E-state index in [1.807, 2.05) is 62.9 Å². The maximum atomic E-state index is 12.3. The van der Waals surface area contributed by atoms with Gasteiger partial charge in [-0.15, -0.1) is 0 Å². The maximum absolute atomic E-state index is 12.3. The first-order chi connectivity index (χ1) is 17.2. The van der Waals surface area contributed by atoms with Crippen molar-refractivity contribution in [2.24, 2.45) is 23.5 Å². The minimum atomic E-state index is -0.728. The number of rotatable bonds is 10. The summed E-state index contributed by atoms with van der Waals surface area (Å²) in [6.45, 7) is 17.0. The molecule has 1 amide bonds. The van der Waals surface area contributed by atoms with Gasteiger partial charge in [-0.05, 0) is 23.5 Å². The number of pyridine rings is 1. The summed E-state index contributed by atoms with van der Waals surface area (Å²) in [5.41, 5.74) is 7.69. The van der Waals surface area contributed by atoms with E-state index in [1.165, 1.54) is 0 Å². The molecule has 188 valence electrons. The van der Waals surface area contributed by atoms with Crippen molar-refractivity contribution in [2.75, 3.05) is 24.6 Å². The summed E-state index contributed by atoms with van der Waals surface area (Å²) in [5.74, 6) is -0.0714. The topological polar surface area (TPSA) is 114 Å². The van der Waals surface area contributed by atoms with Gasteiger partial charge in [-0.25, -0.2) is 9.83 Å². The zero-order valence-corrected chi connectivity index (χ0v) is 21.8. The lowest BCUT2D eigenvalue weighted by atomic mass is 9.97. The van der Waals surface area contributed by atoms with Gasteiger partial charge in [0.25, 0.3) is 0 Å². The second kappa shape index (κ2) is 11.9. The van der Waals surface area contributed by atoms with Crippen LogP contribution in [0.1, 0.15) is 49.6 Å². The Balaban J connectivity index is 1.87. The standard InChI is InChI=1S/C27H31N5O3S/c1-6-20-21(12-28)26(36-23(24(29)33)19-10-8-7-9-11-19)31-25(22(20)30-5)32-13-18(14-32)15-35-27(34)17(4)16(2)3/h7-11,16-18,23H,6,13-15H2,1-4H3,(H2,29,33)/t17-,23?/m0/s1. The molecule has 1 aliphatic rings. The Hall–Kier alpha value is -3.56. The molecule has 8 nitrogen and oxygen atoms in total. The summed E-state index contributed by atoms with van der Waals surface area (Å²) in [6.07, 6.45) is 0.470. The van der Waals surface area contributed by atoms with Crippen molar-refractivity contribution in [3.63, 3.8) is 0 Å². The minimum Gasteiger partial charge on any atom is -0.465 e. The molecule has 2 aromatic rings. The van der Waals surface area contributed by atoms with Gasteiger partial charge < -0.3 is 15.4 Å². The first kappa shape index (κ1) is 27.0. The SMILES string of the molecule is [C-]#[N+]c1c(N2CC(COC(=O)[C@@H](C)C(C)C)C2)nc(SC(C(N)=O)c2ccccc2)c(C#N)c1CC. The summed E-state index contributed by atoms with van der Waals surface area (Å²) < 4.78 is 5.50. The Morgan fingerprint density at radius 3 is 2.50 bits per heavy atom. The van der Waals surface area contributed by atoms with E-state index in [4.69, 9.17) is 22.0 Å². The zero-order valence-electron chi connectivity index (χ0n) is 21.0. The first-order valence-electron chi connectivity index (χ1n) is 12.0. The maximum Gasteiger partial charge on any atom is 0.308 e. The molecule has 1 aliphatic heterocycles.